The third-order valence-corrected chi connectivity index (χ3v) is 13.6. The number of allylic oxidation sites excluding steroid dienone is 2. The predicted octanol–water partition coefficient (Wildman–Crippen LogP) is 14.6. The Bertz CT molecular complexity index is 3630. The lowest BCUT2D eigenvalue weighted by Gasteiger charge is -2.30. The SMILES string of the molecule is C1=CC23CC2(C=C1)N(c1cccc2c1oc1ccc(-c4ccc5oc6c(-c7cccc(-n8c9ccccc9c9ccccc98)c7)cccc6c5c4)cc12)c1ccccc13. The zero-order valence-electron chi connectivity index (χ0n) is 31.9. The summed E-state index contributed by atoms with van der Waals surface area (Å²) in [7, 11) is 0. The van der Waals surface area contributed by atoms with Crippen molar-refractivity contribution in [3.8, 4) is 27.9 Å². The molecule has 8 aromatic carbocycles. The lowest BCUT2D eigenvalue weighted by atomic mass is 9.90. The molecule has 59 heavy (non-hydrogen) atoms. The van der Waals surface area contributed by atoms with Crippen molar-refractivity contribution in [1.82, 2.24) is 4.57 Å². The van der Waals surface area contributed by atoms with Gasteiger partial charge >= 0.3 is 0 Å². The van der Waals surface area contributed by atoms with E-state index in [0.717, 1.165) is 83.9 Å². The fraction of sp³-hybridized carbons (Fsp3) is 0.0545. The first-order valence-corrected chi connectivity index (χ1v) is 20.5. The van der Waals surface area contributed by atoms with E-state index in [1.807, 2.05) is 0 Å². The Morgan fingerprint density at radius 3 is 1.83 bits per heavy atom. The maximum absolute atomic E-state index is 6.79. The maximum atomic E-state index is 6.79. The lowest BCUT2D eigenvalue weighted by Crippen LogP contribution is -2.33. The van der Waals surface area contributed by atoms with E-state index in [0.29, 0.717) is 0 Å². The number of rotatable bonds is 4. The van der Waals surface area contributed by atoms with E-state index in [-0.39, 0.29) is 11.0 Å². The van der Waals surface area contributed by atoms with Crippen LogP contribution in [0.3, 0.4) is 0 Å². The summed E-state index contributed by atoms with van der Waals surface area (Å²) in [6.45, 7) is 0. The molecule has 1 aliphatic heterocycles. The van der Waals surface area contributed by atoms with Crippen LogP contribution in [0, 0.1) is 0 Å². The average Bonchev–Trinajstić information content (AvgIpc) is 3.55. The van der Waals surface area contributed by atoms with E-state index >= 15 is 0 Å². The largest absolute Gasteiger partial charge is 0.455 e. The zero-order valence-corrected chi connectivity index (χ0v) is 31.9. The number of fused-ring (bicyclic) bond motifs is 10. The monoisotopic (exact) mass is 754 g/mol. The molecule has 0 spiro atoms. The molecule has 2 unspecified atom stereocenters. The summed E-state index contributed by atoms with van der Waals surface area (Å²) in [4.78, 5) is 2.54. The van der Waals surface area contributed by atoms with Crippen molar-refractivity contribution in [1.29, 1.82) is 0 Å². The maximum Gasteiger partial charge on any atom is 0.159 e. The Hall–Kier alpha value is -7.56. The Balaban J connectivity index is 0.871. The normalized spacial score (nSPS) is 19.1. The van der Waals surface area contributed by atoms with Gasteiger partial charge in [0, 0.05) is 54.7 Å². The molecule has 0 N–H and O–H groups in total. The minimum Gasteiger partial charge on any atom is -0.455 e. The standard InChI is InChI=1S/C55H34N2O2/c1-4-20-46-39(14-1)40-15-2-5-21-47(40)56(46)37-13-9-12-36(30-37)38-16-10-17-41-43-31-34(24-26-50(43)58-52(38)41)35-25-27-51-44(32-35)42-18-11-23-49(53(42)59-51)57-48-22-6-3-19-45(48)54-28-7-8-29-55(54,57)33-54/h1-32H,33H2. The van der Waals surface area contributed by atoms with Crippen LogP contribution in [0.1, 0.15) is 12.0 Å². The quantitative estimate of drug-likeness (QED) is 0.179. The summed E-state index contributed by atoms with van der Waals surface area (Å²) in [6.07, 6.45) is 10.3. The van der Waals surface area contributed by atoms with Crippen molar-refractivity contribution >= 4 is 77.1 Å². The van der Waals surface area contributed by atoms with Gasteiger partial charge in [0.25, 0.3) is 0 Å². The van der Waals surface area contributed by atoms with Crippen LogP contribution in [-0.2, 0) is 5.41 Å². The van der Waals surface area contributed by atoms with Gasteiger partial charge in [-0.3, -0.25) is 0 Å². The molecule has 4 heterocycles. The van der Waals surface area contributed by atoms with E-state index in [2.05, 4.69) is 204 Å². The number of furan rings is 2. The summed E-state index contributed by atoms with van der Waals surface area (Å²) in [5, 5.41) is 6.97. The molecular formula is C55H34N2O2. The second-order valence-electron chi connectivity index (χ2n) is 16.5. The van der Waals surface area contributed by atoms with Crippen LogP contribution in [0.5, 0.6) is 0 Å². The number of aromatic nitrogens is 1. The first-order chi connectivity index (χ1) is 29.2. The van der Waals surface area contributed by atoms with Crippen LogP contribution in [0.2, 0.25) is 0 Å². The fourth-order valence-corrected chi connectivity index (χ4v) is 11.0. The Morgan fingerprint density at radius 1 is 0.441 bits per heavy atom. The zero-order chi connectivity index (χ0) is 38.5. The highest BCUT2D eigenvalue weighted by atomic mass is 16.3. The van der Waals surface area contributed by atoms with E-state index in [9.17, 15) is 0 Å². The van der Waals surface area contributed by atoms with E-state index < -0.39 is 0 Å². The van der Waals surface area contributed by atoms with Gasteiger partial charge in [0.05, 0.1) is 22.3 Å². The van der Waals surface area contributed by atoms with Crippen molar-refractivity contribution in [3.05, 3.63) is 200 Å². The van der Waals surface area contributed by atoms with Gasteiger partial charge < -0.3 is 18.3 Å². The van der Waals surface area contributed by atoms with Crippen LogP contribution in [0.25, 0.3) is 93.6 Å². The third kappa shape index (κ3) is 4.03. The number of hydrogen-bond donors (Lipinski definition) is 0. The highest BCUT2D eigenvalue weighted by Crippen LogP contribution is 2.73. The topological polar surface area (TPSA) is 34.5 Å². The summed E-state index contributed by atoms with van der Waals surface area (Å²) >= 11 is 0. The molecule has 1 fully saturated rings. The Labute approximate surface area is 339 Å². The van der Waals surface area contributed by atoms with Crippen molar-refractivity contribution in [3.63, 3.8) is 0 Å². The summed E-state index contributed by atoms with van der Waals surface area (Å²) in [5.41, 5.74) is 15.3. The minimum atomic E-state index is -0.0956. The molecule has 11 aromatic rings. The van der Waals surface area contributed by atoms with Crippen LogP contribution >= 0.6 is 0 Å². The molecule has 276 valence electrons. The summed E-state index contributed by atoms with van der Waals surface area (Å²) in [5.74, 6) is 0. The predicted molar refractivity (Wildman–Crippen MR) is 242 cm³/mol. The molecule has 2 atom stereocenters. The molecule has 14 rings (SSSR count). The Morgan fingerprint density at radius 2 is 1.05 bits per heavy atom. The van der Waals surface area contributed by atoms with Gasteiger partial charge in [-0.15, -0.1) is 0 Å². The fourth-order valence-electron chi connectivity index (χ4n) is 11.0. The molecule has 0 radical (unpaired) electrons. The number of anilines is 2. The smallest absolute Gasteiger partial charge is 0.159 e. The van der Waals surface area contributed by atoms with Crippen LogP contribution in [-0.4, -0.2) is 10.1 Å². The molecule has 3 aliphatic rings. The van der Waals surface area contributed by atoms with Crippen molar-refractivity contribution in [2.24, 2.45) is 0 Å². The van der Waals surface area contributed by atoms with Crippen molar-refractivity contribution in [2.45, 2.75) is 17.4 Å². The molecule has 4 nitrogen and oxygen atoms in total. The van der Waals surface area contributed by atoms with Gasteiger partial charge in [0.15, 0.2) is 5.58 Å². The van der Waals surface area contributed by atoms with Crippen molar-refractivity contribution < 1.29 is 8.83 Å². The van der Waals surface area contributed by atoms with E-state index in [1.54, 1.807) is 0 Å². The second-order valence-corrected chi connectivity index (χ2v) is 16.5. The molecule has 0 saturated heterocycles. The van der Waals surface area contributed by atoms with Gasteiger partial charge in [-0.2, -0.15) is 0 Å². The first-order valence-electron chi connectivity index (χ1n) is 20.5. The van der Waals surface area contributed by atoms with Crippen LogP contribution in [0.4, 0.5) is 11.4 Å². The average molecular weight is 755 g/mol. The molecular weight excluding hydrogens is 721 g/mol. The molecule has 1 saturated carbocycles. The number of hydrogen-bond acceptors (Lipinski definition) is 3. The van der Waals surface area contributed by atoms with Crippen LogP contribution < -0.4 is 4.90 Å². The van der Waals surface area contributed by atoms with Gasteiger partial charge in [0.1, 0.15) is 16.7 Å². The van der Waals surface area contributed by atoms with Gasteiger partial charge in [0.2, 0.25) is 0 Å². The van der Waals surface area contributed by atoms with E-state index in [4.69, 9.17) is 8.83 Å². The lowest BCUT2D eigenvalue weighted by molar-refractivity contribution is 0.662. The summed E-state index contributed by atoms with van der Waals surface area (Å²) < 4.78 is 15.9. The minimum absolute atomic E-state index is 0.0217. The highest BCUT2D eigenvalue weighted by Gasteiger charge is 2.74. The van der Waals surface area contributed by atoms with Crippen LogP contribution in [0.15, 0.2) is 203 Å². The number of benzene rings is 8. The second kappa shape index (κ2) is 11.1. The Kier molecular flexibility index (Phi) is 5.92. The summed E-state index contributed by atoms with van der Waals surface area (Å²) in [6, 6.07) is 61.3. The molecule has 3 aromatic heterocycles. The first kappa shape index (κ1) is 31.5. The number of para-hydroxylation sites is 5. The van der Waals surface area contributed by atoms with Crippen molar-refractivity contribution in [2.75, 3.05) is 4.90 Å². The molecule has 0 amide bonds. The van der Waals surface area contributed by atoms with Gasteiger partial charge in [-0.1, -0.05) is 133 Å². The number of nitrogens with zero attached hydrogens (tertiary/aromatic N) is 2. The van der Waals surface area contributed by atoms with E-state index in [1.165, 1.54) is 33.1 Å². The van der Waals surface area contributed by atoms with Gasteiger partial charge in [-0.25, -0.2) is 0 Å². The molecule has 4 heteroatoms. The third-order valence-electron chi connectivity index (χ3n) is 13.6. The highest BCUT2D eigenvalue weighted by molar-refractivity contribution is 6.14. The molecule has 0 bridgehead atoms. The van der Waals surface area contributed by atoms with Gasteiger partial charge in [-0.05, 0) is 89.3 Å². The molecule has 2 aliphatic carbocycles.